The molecule has 0 spiro atoms. The van der Waals surface area contributed by atoms with Crippen LogP contribution in [-0.4, -0.2) is 52.4 Å². The van der Waals surface area contributed by atoms with Crippen LogP contribution in [0, 0.1) is 0 Å². The van der Waals surface area contributed by atoms with Crippen molar-refractivity contribution in [3.05, 3.63) is 12.2 Å². The fraction of sp³-hybridized carbons (Fsp3) is 0.857. The number of unbranched alkanes of at least 4 members (excludes halogenated alkanes) is 3. The molecule has 0 bridgehead atoms. The zero-order chi connectivity index (χ0) is 19.1. The third-order valence-electron chi connectivity index (χ3n) is 5.14. The van der Waals surface area contributed by atoms with Crippen molar-refractivity contribution in [2.45, 2.75) is 97.6 Å². The molecule has 2 N–H and O–H groups in total. The van der Waals surface area contributed by atoms with Gasteiger partial charge in [0.2, 0.25) is 0 Å². The molecule has 2 unspecified atom stereocenters. The average Bonchev–Trinajstić information content (AvgIpc) is 2.59. The molecule has 0 aromatic carbocycles. The minimum absolute atomic E-state index is 0.395. The van der Waals surface area contributed by atoms with Crippen molar-refractivity contribution in [1.29, 1.82) is 0 Å². The van der Waals surface area contributed by atoms with Gasteiger partial charge >= 0.3 is 5.97 Å². The number of hydrogen-bond acceptors (Lipinski definition) is 2. The van der Waals surface area contributed by atoms with Crippen LogP contribution >= 0.6 is 0 Å². The molecular formula is C21H42NO3+. The van der Waals surface area contributed by atoms with Gasteiger partial charge in [0.1, 0.15) is 12.6 Å². The second kappa shape index (κ2) is 14.3. The first-order chi connectivity index (χ1) is 12.0. The minimum atomic E-state index is -0.699. The van der Waals surface area contributed by atoms with Crippen LogP contribution in [0.3, 0.4) is 0 Å². The molecule has 25 heavy (non-hydrogen) atoms. The Kier molecular flexibility index (Phi) is 13.8. The predicted octanol–water partition coefficient (Wildman–Crippen LogP) is 4.76. The average molecular weight is 357 g/mol. The Morgan fingerprint density at radius 2 is 1.60 bits per heavy atom. The fourth-order valence-electron chi connectivity index (χ4n) is 3.73. The Hall–Kier alpha value is -0.870. The van der Waals surface area contributed by atoms with Crippen molar-refractivity contribution in [3.8, 4) is 0 Å². The molecule has 0 heterocycles. The Bertz CT molecular complexity index is 360. The van der Waals surface area contributed by atoms with Crippen LogP contribution in [0.5, 0.6) is 0 Å². The van der Waals surface area contributed by atoms with E-state index in [0.29, 0.717) is 17.4 Å². The third-order valence-corrected chi connectivity index (χ3v) is 5.14. The normalized spacial score (nSPS) is 14.8. The van der Waals surface area contributed by atoms with Crippen molar-refractivity contribution < 1.29 is 19.5 Å². The van der Waals surface area contributed by atoms with Crippen LogP contribution in [-0.2, 0) is 4.79 Å². The molecule has 0 fully saturated rings. The SMILES string of the molecule is C/C=C/CCCC(O)C[N+](CCCC)(CCCC)C(CCC)C(=O)O. The van der Waals surface area contributed by atoms with Crippen molar-refractivity contribution in [3.63, 3.8) is 0 Å². The number of carbonyl (C=O) groups is 1. The van der Waals surface area contributed by atoms with E-state index in [1.54, 1.807) is 0 Å². The van der Waals surface area contributed by atoms with Gasteiger partial charge in [-0.05, 0) is 45.4 Å². The van der Waals surface area contributed by atoms with Crippen LogP contribution in [0.1, 0.15) is 85.5 Å². The first kappa shape index (κ1) is 24.1. The van der Waals surface area contributed by atoms with Gasteiger partial charge in [-0.15, -0.1) is 0 Å². The van der Waals surface area contributed by atoms with Crippen molar-refractivity contribution >= 4 is 5.97 Å². The molecule has 4 nitrogen and oxygen atoms in total. The zero-order valence-electron chi connectivity index (χ0n) is 17.0. The van der Waals surface area contributed by atoms with E-state index in [9.17, 15) is 15.0 Å². The molecule has 0 aliphatic rings. The van der Waals surface area contributed by atoms with Crippen LogP contribution in [0.25, 0.3) is 0 Å². The monoisotopic (exact) mass is 356 g/mol. The Morgan fingerprint density at radius 1 is 1.00 bits per heavy atom. The first-order valence-corrected chi connectivity index (χ1v) is 10.3. The lowest BCUT2D eigenvalue weighted by Crippen LogP contribution is -2.62. The number of nitrogens with zero attached hydrogens (tertiary/aromatic N) is 1. The van der Waals surface area contributed by atoms with Gasteiger partial charge in [-0.1, -0.05) is 45.8 Å². The van der Waals surface area contributed by atoms with E-state index in [-0.39, 0.29) is 0 Å². The smallest absolute Gasteiger partial charge is 0.362 e. The number of aliphatic hydroxyl groups is 1. The van der Waals surface area contributed by atoms with Crippen molar-refractivity contribution in [1.82, 2.24) is 0 Å². The number of hydrogen-bond donors (Lipinski definition) is 2. The van der Waals surface area contributed by atoms with Crippen LogP contribution in [0.2, 0.25) is 0 Å². The maximum Gasteiger partial charge on any atom is 0.362 e. The topological polar surface area (TPSA) is 57.5 Å². The van der Waals surface area contributed by atoms with E-state index in [4.69, 9.17) is 0 Å². The highest BCUT2D eigenvalue weighted by atomic mass is 16.4. The second-order valence-electron chi connectivity index (χ2n) is 7.35. The van der Waals surface area contributed by atoms with Gasteiger partial charge in [0.15, 0.2) is 6.04 Å². The van der Waals surface area contributed by atoms with Crippen LogP contribution in [0.4, 0.5) is 0 Å². The molecule has 2 atom stereocenters. The maximum atomic E-state index is 12.0. The van der Waals surface area contributed by atoms with Crippen molar-refractivity contribution in [2.24, 2.45) is 0 Å². The van der Waals surface area contributed by atoms with Gasteiger partial charge in [-0.3, -0.25) is 0 Å². The first-order valence-electron chi connectivity index (χ1n) is 10.3. The molecule has 4 heteroatoms. The molecule has 0 rings (SSSR count). The van der Waals surface area contributed by atoms with Crippen LogP contribution < -0.4 is 0 Å². The van der Waals surface area contributed by atoms with E-state index >= 15 is 0 Å². The summed E-state index contributed by atoms with van der Waals surface area (Å²) in [6.45, 7) is 10.7. The number of rotatable bonds is 16. The minimum Gasteiger partial charge on any atom is -0.477 e. The fourth-order valence-corrected chi connectivity index (χ4v) is 3.73. The van der Waals surface area contributed by atoms with Gasteiger partial charge in [0, 0.05) is 6.42 Å². The summed E-state index contributed by atoms with van der Waals surface area (Å²) in [6.07, 6.45) is 12.1. The van der Waals surface area contributed by atoms with Gasteiger partial charge in [0.05, 0.1) is 13.1 Å². The van der Waals surface area contributed by atoms with Gasteiger partial charge in [-0.25, -0.2) is 4.79 Å². The molecule has 0 aliphatic heterocycles. The van der Waals surface area contributed by atoms with E-state index in [0.717, 1.165) is 64.5 Å². The lowest BCUT2D eigenvalue weighted by molar-refractivity contribution is -0.946. The molecule has 0 aromatic heterocycles. The summed E-state index contributed by atoms with van der Waals surface area (Å²) in [4.78, 5) is 12.0. The number of allylic oxidation sites excluding steroid dienone is 2. The summed E-state index contributed by atoms with van der Waals surface area (Å²) >= 11 is 0. The summed E-state index contributed by atoms with van der Waals surface area (Å²) in [7, 11) is 0. The highest BCUT2D eigenvalue weighted by Crippen LogP contribution is 2.24. The maximum absolute atomic E-state index is 12.0. The van der Waals surface area contributed by atoms with E-state index in [1.165, 1.54) is 0 Å². The zero-order valence-corrected chi connectivity index (χ0v) is 17.0. The molecule has 0 amide bonds. The molecule has 148 valence electrons. The standard InChI is InChI=1S/C21H41NO3/c1-5-9-12-13-15-19(23)18-22(16-10-6-2,17-11-7-3)20(14-8-4)21(24)25/h5,9,19-20,23H,6-8,10-18H2,1-4H3/p+1/b9-5+. The molecule has 0 aromatic rings. The Morgan fingerprint density at radius 3 is 2.04 bits per heavy atom. The largest absolute Gasteiger partial charge is 0.477 e. The summed E-state index contributed by atoms with van der Waals surface area (Å²) < 4.78 is 0.551. The molecule has 0 aliphatic carbocycles. The summed E-state index contributed by atoms with van der Waals surface area (Å²) in [5.41, 5.74) is 0. The number of aliphatic hydroxyl groups excluding tert-OH is 1. The lowest BCUT2D eigenvalue weighted by Gasteiger charge is -2.44. The number of carboxylic acids is 1. The summed E-state index contributed by atoms with van der Waals surface area (Å²) in [6, 6.07) is -0.395. The predicted molar refractivity (Wildman–Crippen MR) is 106 cm³/mol. The van der Waals surface area contributed by atoms with E-state index in [1.807, 2.05) is 13.0 Å². The number of quaternary nitrogens is 1. The second-order valence-corrected chi connectivity index (χ2v) is 7.35. The molecule has 0 saturated heterocycles. The third kappa shape index (κ3) is 9.41. The van der Waals surface area contributed by atoms with Gasteiger partial charge in [-0.2, -0.15) is 0 Å². The summed E-state index contributed by atoms with van der Waals surface area (Å²) in [5, 5.41) is 20.5. The van der Waals surface area contributed by atoms with E-state index in [2.05, 4.69) is 26.8 Å². The molecular weight excluding hydrogens is 314 g/mol. The molecule has 0 saturated carbocycles. The number of aliphatic carboxylic acids is 1. The lowest BCUT2D eigenvalue weighted by atomic mass is 10.0. The van der Waals surface area contributed by atoms with Crippen molar-refractivity contribution in [2.75, 3.05) is 19.6 Å². The van der Waals surface area contributed by atoms with Gasteiger partial charge in [0.25, 0.3) is 0 Å². The molecule has 0 radical (unpaired) electrons. The highest BCUT2D eigenvalue weighted by Gasteiger charge is 2.41. The highest BCUT2D eigenvalue weighted by molar-refractivity contribution is 5.72. The van der Waals surface area contributed by atoms with E-state index < -0.39 is 18.1 Å². The Balaban J connectivity index is 5.29. The quantitative estimate of drug-likeness (QED) is 0.238. The van der Waals surface area contributed by atoms with Gasteiger partial charge < -0.3 is 14.7 Å². The van der Waals surface area contributed by atoms with Crippen LogP contribution in [0.15, 0.2) is 12.2 Å². The Labute approximate surface area is 155 Å². The number of carboxylic acid groups (broad SMARTS) is 1. The summed E-state index contributed by atoms with van der Waals surface area (Å²) in [5.74, 6) is -0.699.